The minimum absolute atomic E-state index is 0.00434. The van der Waals surface area contributed by atoms with Gasteiger partial charge >= 0.3 is 6.09 Å². The molecule has 0 spiro atoms. The quantitative estimate of drug-likeness (QED) is 0.784. The van der Waals surface area contributed by atoms with Crippen molar-refractivity contribution in [3.63, 3.8) is 0 Å². The van der Waals surface area contributed by atoms with Crippen LogP contribution in [0.5, 0.6) is 0 Å². The molecule has 0 N–H and O–H groups in total. The monoisotopic (exact) mass is 367 g/mol. The number of carbonyl (C=O) groups is 1. The van der Waals surface area contributed by atoms with Crippen molar-refractivity contribution in [1.29, 1.82) is 0 Å². The number of hydrogen-bond donors (Lipinski definition) is 0. The lowest BCUT2D eigenvalue weighted by Gasteiger charge is -2.43. The number of nitrogens with zero attached hydrogens (tertiary/aromatic N) is 3. The van der Waals surface area contributed by atoms with Crippen molar-refractivity contribution in [3.05, 3.63) is 30.1 Å². The van der Waals surface area contributed by atoms with Gasteiger partial charge in [0.1, 0.15) is 5.60 Å². The Morgan fingerprint density at radius 3 is 2.60 bits per heavy atom. The number of amides is 1. The van der Waals surface area contributed by atoms with Crippen LogP contribution in [0.15, 0.2) is 24.4 Å². The van der Waals surface area contributed by atoms with E-state index in [1.165, 1.54) is 0 Å². The molecule has 0 saturated carbocycles. The molecule has 3 rings (SSSR count). The molecule has 0 aromatic carbocycles. The summed E-state index contributed by atoms with van der Waals surface area (Å²) >= 11 is 0. The van der Waals surface area contributed by atoms with E-state index in [9.17, 15) is 13.2 Å². The maximum atomic E-state index is 12.5. The Labute approximate surface area is 148 Å². The largest absolute Gasteiger partial charge is 0.444 e. The van der Waals surface area contributed by atoms with Crippen LogP contribution < -0.4 is 0 Å². The molecule has 7 nitrogen and oxygen atoms in total. The average molecular weight is 367 g/mol. The summed E-state index contributed by atoms with van der Waals surface area (Å²) in [5.41, 5.74) is 0.297. The summed E-state index contributed by atoms with van der Waals surface area (Å²) in [5.74, 6) is 0.0689. The molecule has 3 heterocycles. The number of pyridine rings is 1. The van der Waals surface area contributed by atoms with Gasteiger partial charge in [-0.3, -0.25) is 9.88 Å². The summed E-state index contributed by atoms with van der Waals surface area (Å²) in [6.07, 6.45) is 1.30. The first kappa shape index (κ1) is 18.1. The number of carbonyl (C=O) groups excluding carboxylic acids is 1. The van der Waals surface area contributed by atoms with Crippen molar-refractivity contribution in [2.75, 3.05) is 24.6 Å². The van der Waals surface area contributed by atoms with Crippen LogP contribution in [-0.4, -0.2) is 71.6 Å². The van der Waals surface area contributed by atoms with Crippen molar-refractivity contribution in [2.45, 2.75) is 45.0 Å². The van der Waals surface area contributed by atoms with Gasteiger partial charge in [0.15, 0.2) is 9.84 Å². The molecule has 25 heavy (non-hydrogen) atoms. The van der Waals surface area contributed by atoms with E-state index in [2.05, 4.69) is 9.88 Å². The fraction of sp³-hybridized carbons (Fsp3) is 0.647. The molecule has 2 aliphatic rings. The van der Waals surface area contributed by atoms with Crippen LogP contribution in [0.2, 0.25) is 0 Å². The van der Waals surface area contributed by atoms with Gasteiger partial charge in [0.05, 0.1) is 23.2 Å². The Balaban J connectivity index is 1.79. The molecule has 1 aromatic rings. The van der Waals surface area contributed by atoms with Crippen molar-refractivity contribution in [3.8, 4) is 0 Å². The van der Waals surface area contributed by atoms with Gasteiger partial charge in [-0.25, -0.2) is 13.2 Å². The van der Waals surface area contributed by atoms with Crippen LogP contribution in [0.4, 0.5) is 4.79 Å². The minimum Gasteiger partial charge on any atom is -0.444 e. The molecule has 8 heteroatoms. The zero-order valence-electron chi connectivity index (χ0n) is 14.9. The second-order valence-corrected chi connectivity index (χ2v) is 9.83. The van der Waals surface area contributed by atoms with E-state index in [0.717, 1.165) is 5.69 Å². The molecule has 2 aliphatic heterocycles. The van der Waals surface area contributed by atoms with Gasteiger partial charge in [-0.2, -0.15) is 0 Å². The third-order valence-corrected chi connectivity index (χ3v) is 6.21. The van der Waals surface area contributed by atoms with Crippen LogP contribution >= 0.6 is 0 Å². The number of fused-ring (bicyclic) bond motifs is 1. The Hall–Kier alpha value is -1.67. The lowest BCUT2D eigenvalue weighted by atomic mass is 10.0. The topological polar surface area (TPSA) is 79.8 Å². The first-order chi connectivity index (χ1) is 11.6. The lowest BCUT2D eigenvalue weighted by molar-refractivity contribution is -0.0107. The van der Waals surface area contributed by atoms with E-state index >= 15 is 0 Å². The molecule has 1 aromatic heterocycles. The highest BCUT2D eigenvalue weighted by Crippen LogP contribution is 2.29. The number of aromatic nitrogens is 1. The number of ether oxygens (including phenoxy) is 1. The predicted molar refractivity (Wildman–Crippen MR) is 93.8 cm³/mol. The van der Waals surface area contributed by atoms with Gasteiger partial charge < -0.3 is 9.64 Å². The Bertz CT molecular complexity index is 730. The fourth-order valence-corrected chi connectivity index (χ4v) is 5.48. The van der Waals surface area contributed by atoms with Crippen LogP contribution in [0.3, 0.4) is 0 Å². The number of sulfone groups is 1. The molecule has 0 radical (unpaired) electrons. The molecule has 0 unspecified atom stereocenters. The van der Waals surface area contributed by atoms with Gasteiger partial charge in [0.2, 0.25) is 0 Å². The highest BCUT2D eigenvalue weighted by molar-refractivity contribution is 7.91. The fourth-order valence-electron chi connectivity index (χ4n) is 3.47. The Morgan fingerprint density at radius 2 is 1.96 bits per heavy atom. The minimum atomic E-state index is -3.18. The standard InChI is InChI=1S/C17H25N3O4S/c1-17(2,3)24-16(21)20-9-8-19(10-13-6-4-5-7-18-13)14-11-25(22,23)12-15(14)20/h4-7,14-15H,8-12H2,1-3H3/t14-,15+/m0/s1. The summed E-state index contributed by atoms with van der Waals surface area (Å²) < 4.78 is 29.9. The van der Waals surface area contributed by atoms with Gasteiger partial charge in [0, 0.05) is 31.9 Å². The van der Waals surface area contributed by atoms with E-state index in [-0.39, 0.29) is 23.6 Å². The third kappa shape index (κ3) is 4.30. The van der Waals surface area contributed by atoms with Crippen LogP contribution in [0.25, 0.3) is 0 Å². The maximum absolute atomic E-state index is 12.5. The Morgan fingerprint density at radius 1 is 1.24 bits per heavy atom. The molecular formula is C17H25N3O4S. The van der Waals surface area contributed by atoms with E-state index < -0.39 is 21.5 Å². The Kier molecular flexibility index (Phi) is 4.76. The van der Waals surface area contributed by atoms with Crippen molar-refractivity contribution >= 4 is 15.9 Å². The van der Waals surface area contributed by atoms with Gasteiger partial charge in [-0.05, 0) is 32.9 Å². The summed E-state index contributed by atoms with van der Waals surface area (Å²) in [6.45, 7) is 7.08. The second-order valence-electron chi connectivity index (χ2n) is 7.68. The van der Waals surface area contributed by atoms with Gasteiger partial charge in [0.25, 0.3) is 0 Å². The van der Waals surface area contributed by atoms with E-state index in [1.54, 1.807) is 11.1 Å². The highest BCUT2D eigenvalue weighted by atomic mass is 32.2. The summed E-state index contributed by atoms with van der Waals surface area (Å²) in [4.78, 5) is 20.6. The number of rotatable bonds is 2. The smallest absolute Gasteiger partial charge is 0.410 e. The molecule has 0 aliphatic carbocycles. The number of piperazine rings is 1. The van der Waals surface area contributed by atoms with Crippen molar-refractivity contribution < 1.29 is 17.9 Å². The van der Waals surface area contributed by atoms with Crippen LogP contribution in [0, 0.1) is 0 Å². The predicted octanol–water partition coefficient (Wildman–Crippen LogP) is 1.30. The molecule has 0 bridgehead atoms. The van der Waals surface area contributed by atoms with Crippen molar-refractivity contribution in [2.24, 2.45) is 0 Å². The highest BCUT2D eigenvalue weighted by Gasteiger charge is 2.48. The molecule has 138 valence electrons. The van der Waals surface area contributed by atoms with Gasteiger partial charge in [-0.15, -0.1) is 0 Å². The number of hydrogen-bond acceptors (Lipinski definition) is 6. The van der Waals surface area contributed by atoms with Crippen LogP contribution in [0.1, 0.15) is 26.5 Å². The van der Waals surface area contributed by atoms with Gasteiger partial charge in [-0.1, -0.05) is 6.07 Å². The van der Waals surface area contributed by atoms with Crippen molar-refractivity contribution in [1.82, 2.24) is 14.8 Å². The second kappa shape index (κ2) is 6.57. The lowest BCUT2D eigenvalue weighted by Crippen LogP contribution is -2.60. The van der Waals surface area contributed by atoms with Crippen LogP contribution in [-0.2, 0) is 21.1 Å². The SMILES string of the molecule is CC(C)(C)OC(=O)N1CCN(Cc2ccccn2)[C@H]2CS(=O)(=O)C[C@H]21. The van der Waals surface area contributed by atoms with E-state index in [1.807, 2.05) is 39.0 Å². The zero-order valence-corrected chi connectivity index (χ0v) is 15.7. The zero-order chi connectivity index (χ0) is 18.2. The molecule has 2 fully saturated rings. The molecular weight excluding hydrogens is 342 g/mol. The average Bonchev–Trinajstić information content (AvgIpc) is 2.82. The molecule has 2 saturated heterocycles. The summed E-state index contributed by atoms with van der Waals surface area (Å²) in [6, 6.07) is 5.12. The molecule has 2 atom stereocenters. The van der Waals surface area contributed by atoms with E-state index in [4.69, 9.17) is 4.74 Å². The van der Waals surface area contributed by atoms with E-state index in [0.29, 0.717) is 19.6 Å². The first-order valence-electron chi connectivity index (χ1n) is 8.49. The molecule has 1 amide bonds. The summed E-state index contributed by atoms with van der Waals surface area (Å²) in [5, 5.41) is 0. The maximum Gasteiger partial charge on any atom is 0.410 e. The third-order valence-electron chi connectivity index (χ3n) is 4.51. The first-order valence-corrected chi connectivity index (χ1v) is 10.3. The summed E-state index contributed by atoms with van der Waals surface area (Å²) in [7, 11) is -3.18. The normalized spacial score (nSPS) is 26.3.